The molecule has 0 atom stereocenters. The predicted molar refractivity (Wildman–Crippen MR) is 119 cm³/mol. The van der Waals surface area contributed by atoms with Gasteiger partial charge in [-0.1, -0.05) is 0 Å². The molecule has 2 aromatic carbocycles. The van der Waals surface area contributed by atoms with Crippen LogP contribution in [0.2, 0.25) is 0 Å². The summed E-state index contributed by atoms with van der Waals surface area (Å²) in [5.74, 6) is -0.641. The quantitative estimate of drug-likeness (QED) is 0.374. The van der Waals surface area contributed by atoms with Gasteiger partial charge in [0.1, 0.15) is 17.8 Å². The zero-order valence-corrected chi connectivity index (χ0v) is 17.5. The lowest BCUT2D eigenvalue weighted by Crippen LogP contribution is -2.10. The molecule has 0 saturated heterocycles. The van der Waals surface area contributed by atoms with Gasteiger partial charge in [0.2, 0.25) is 5.91 Å². The van der Waals surface area contributed by atoms with E-state index in [9.17, 15) is 14.4 Å². The van der Waals surface area contributed by atoms with Crippen molar-refractivity contribution in [1.29, 1.82) is 0 Å². The molecule has 0 saturated carbocycles. The third-order valence-electron chi connectivity index (χ3n) is 5.74. The summed E-state index contributed by atoms with van der Waals surface area (Å²) in [5.41, 5.74) is 5.01. The highest BCUT2D eigenvalue weighted by atomic mass is 16.5. The second-order valence-electron chi connectivity index (χ2n) is 8.05. The van der Waals surface area contributed by atoms with E-state index < -0.39 is 11.6 Å². The monoisotopic (exact) mass is 431 g/mol. The number of fused-ring (bicyclic) bond motifs is 3. The van der Waals surface area contributed by atoms with Crippen molar-refractivity contribution < 1.29 is 23.2 Å². The number of ether oxygens (including phenoxy) is 1. The molecule has 0 bridgehead atoms. The lowest BCUT2D eigenvalue weighted by molar-refractivity contribution is -0.144. The Hall–Kier alpha value is -3.87. The number of carbonyl (C=O) groups is 2. The third-order valence-corrected chi connectivity index (χ3v) is 5.74. The Morgan fingerprint density at radius 2 is 1.81 bits per heavy atom. The van der Waals surface area contributed by atoms with Crippen molar-refractivity contribution in [3.8, 4) is 0 Å². The number of hydrogen-bond acceptors (Lipinski definition) is 6. The van der Waals surface area contributed by atoms with E-state index in [1.54, 1.807) is 24.5 Å². The maximum atomic E-state index is 12.5. The van der Waals surface area contributed by atoms with Gasteiger partial charge in [-0.3, -0.25) is 9.59 Å². The van der Waals surface area contributed by atoms with E-state index in [-0.39, 0.29) is 18.9 Å². The van der Waals surface area contributed by atoms with Gasteiger partial charge in [0.15, 0.2) is 0 Å². The highest BCUT2D eigenvalue weighted by Gasteiger charge is 2.17. The molecule has 0 fully saturated rings. The standard InChI is InChI=1S/C25H21NO6/c1-14(27)26-19-5-6-20-17(10-25(29)32-23(20)11-19)13-31-24(28)9-18-12-30-22-8-16-4-2-3-15(16)7-21(18)22/h5-8,10-12H,2-4,9,13H2,1H3,(H,26,27). The first-order valence-corrected chi connectivity index (χ1v) is 10.5. The summed E-state index contributed by atoms with van der Waals surface area (Å²) < 4.78 is 16.4. The topological polar surface area (TPSA) is 98.7 Å². The van der Waals surface area contributed by atoms with E-state index >= 15 is 0 Å². The van der Waals surface area contributed by atoms with Crippen LogP contribution in [0.5, 0.6) is 0 Å². The first-order valence-electron chi connectivity index (χ1n) is 10.5. The smallest absolute Gasteiger partial charge is 0.336 e. The molecule has 0 radical (unpaired) electrons. The summed E-state index contributed by atoms with van der Waals surface area (Å²) in [6, 6.07) is 10.5. The Morgan fingerprint density at radius 3 is 2.62 bits per heavy atom. The zero-order chi connectivity index (χ0) is 22.2. The van der Waals surface area contributed by atoms with Gasteiger partial charge in [0.05, 0.1) is 12.7 Å². The number of rotatable bonds is 5. The van der Waals surface area contributed by atoms with Crippen LogP contribution in [0.4, 0.5) is 5.69 Å². The van der Waals surface area contributed by atoms with Crippen molar-refractivity contribution in [2.45, 2.75) is 39.2 Å². The molecule has 4 aromatic rings. The van der Waals surface area contributed by atoms with Gasteiger partial charge in [-0.25, -0.2) is 4.79 Å². The Balaban J connectivity index is 1.33. The van der Waals surface area contributed by atoms with Gasteiger partial charge in [0, 0.05) is 46.6 Å². The number of amides is 1. The molecule has 0 aliphatic heterocycles. The average Bonchev–Trinajstić information content (AvgIpc) is 3.36. The molecule has 7 heteroatoms. The summed E-state index contributed by atoms with van der Waals surface area (Å²) in [7, 11) is 0. The second-order valence-corrected chi connectivity index (χ2v) is 8.05. The number of benzene rings is 2. The summed E-state index contributed by atoms with van der Waals surface area (Å²) >= 11 is 0. The number of anilines is 1. The molecular weight excluding hydrogens is 410 g/mol. The van der Waals surface area contributed by atoms with Crippen LogP contribution < -0.4 is 10.9 Å². The van der Waals surface area contributed by atoms with Crippen LogP contribution in [0.1, 0.15) is 35.6 Å². The maximum absolute atomic E-state index is 12.5. The van der Waals surface area contributed by atoms with Crippen molar-refractivity contribution in [1.82, 2.24) is 0 Å². The van der Waals surface area contributed by atoms with Crippen LogP contribution in [0.3, 0.4) is 0 Å². The Kier molecular flexibility index (Phi) is 5.01. The lowest BCUT2D eigenvalue weighted by Gasteiger charge is -2.09. The van der Waals surface area contributed by atoms with Crippen LogP contribution in [-0.4, -0.2) is 11.9 Å². The van der Waals surface area contributed by atoms with Gasteiger partial charge >= 0.3 is 11.6 Å². The van der Waals surface area contributed by atoms with Crippen molar-refractivity contribution >= 4 is 39.5 Å². The normalized spacial score (nSPS) is 12.8. The molecule has 1 aliphatic rings. The third kappa shape index (κ3) is 3.89. The number of esters is 1. The average molecular weight is 431 g/mol. The van der Waals surface area contributed by atoms with Crippen LogP contribution in [-0.2, 0) is 40.2 Å². The van der Waals surface area contributed by atoms with E-state index in [1.807, 2.05) is 0 Å². The molecular formula is C25H21NO6. The minimum absolute atomic E-state index is 0.0639. The summed E-state index contributed by atoms with van der Waals surface area (Å²) in [6.45, 7) is 1.33. The molecule has 7 nitrogen and oxygen atoms in total. The van der Waals surface area contributed by atoms with Gasteiger partial charge in [-0.15, -0.1) is 0 Å². The Morgan fingerprint density at radius 1 is 1.00 bits per heavy atom. The fourth-order valence-corrected chi connectivity index (χ4v) is 4.28. The second kappa shape index (κ2) is 8.00. The Bertz CT molecular complexity index is 1430. The van der Waals surface area contributed by atoms with E-state index in [1.165, 1.54) is 24.1 Å². The lowest BCUT2D eigenvalue weighted by atomic mass is 10.0. The minimum Gasteiger partial charge on any atom is -0.464 e. The van der Waals surface area contributed by atoms with Crippen LogP contribution >= 0.6 is 0 Å². The first kappa shape index (κ1) is 20.1. The number of aryl methyl sites for hydroxylation is 2. The molecule has 1 amide bonds. The fraction of sp³-hybridized carbons (Fsp3) is 0.240. The Labute approximate surface area is 183 Å². The minimum atomic E-state index is -0.557. The highest BCUT2D eigenvalue weighted by molar-refractivity contribution is 5.92. The highest BCUT2D eigenvalue weighted by Crippen LogP contribution is 2.30. The van der Waals surface area contributed by atoms with Gasteiger partial charge in [0.25, 0.3) is 0 Å². The SMILES string of the molecule is CC(=O)Nc1ccc2c(COC(=O)Cc3coc4cc5c(cc34)CCC5)cc(=O)oc2c1. The van der Waals surface area contributed by atoms with Gasteiger partial charge < -0.3 is 18.9 Å². The van der Waals surface area contributed by atoms with Crippen molar-refractivity contribution in [2.24, 2.45) is 0 Å². The molecule has 5 rings (SSSR count). The van der Waals surface area contributed by atoms with Crippen molar-refractivity contribution in [2.75, 3.05) is 5.32 Å². The molecule has 2 heterocycles. The van der Waals surface area contributed by atoms with Crippen molar-refractivity contribution in [3.05, 3.63) is 75.3 Å². The summed E-state index contributed by atoms with van der Waals surface area (Å²) in [5, 5.41) is 4.22. The fourth-order valence-electron chi connectivity index (χ4n) is 4.28. The number of hydrogen-bond donors (Lipinski definition) is 1. The zero-order valence-electron chi connectivity index (χ0n) is 17.5. The van der Waals surface area contributed by atoms with E-state index in [0.717, 1.165) is 35.8 Å². The van der Waals surface area contributed by atoms with Crippen molar-refractivity contribution in [3.63, 3.8) is 0 Å². The van der Waals surface area contributed by atoms with Gasteiger partial charge in [-0.2, -0.15) is 0 Å². The molecule has 1 N–H and O–H groups in total. The van der Waals surface area contributed by atoms with E-state index in [2.05, 4.69) is 17.4 Å². The van der Waals surface area contributed by atoms with Crippen LogP contribution in [0.25, 0.3) is 21.9 Å². The first-order chi connectivity index (χ1) is 15.5. The predicted octanol–water partition coefficient (Wildman–Crippen LogP) is 4.27. The molecule has 1 aliphatic carbocycles. The molecule has 0 unspecified atom stereocenters. The molecule has 32 heavy (non-hydrogen) atoms. The summed E-state index contributed by atoms with van der Waals surface area (Å²) in [6.07, 6.45) is 4.95. The van der Waals surface area contributed by atoms with E-state index in [4.69, 9.17) is 13.6 Å². The molecule has 0 spiro atoms. The van der Waals surface area contributed by atoms with Gasteiger partial charge in [-0.05, 0) is 54.7 Å². The molecule has 2 aromatic heterocycles. The van der Waals surface area contributed by atoms with Crippen LogP contribution in [0.15, 0.2) is 56.3 Å². The number of furan rings is 1. The molecule has 162 valence electrons. The number of carbonyl (C=O) groups excluding carboxylic acids is 2. The van der Waals surface area contributed by atoms with Crippen LogP contribution in [0, 0.1) is 0 Å². The maximum Gasteiger partial charge on any atom is 0.336 e. The summed E-state index contributed by atoms with van der Waals surface area (Å²) in [4.78, 5) is 35.8. The number of nitrogens with one attached hydrogen (secondary N) is 1. The largest absolute Gasteiger partial charge is 0.464 e. The van der Waals surface area contributed by atoms with E-state index in [0.29, 0.717) is 22.2 Å².